The fraction of sp³-hybridized carbons (Fsp3) is 0.353. The summed E-state index contributed by atoms with van der Waals surface area (Å²) in [6.07, 6.45) is 5.58. The maximum Gasteiger partial charge on any atom is 0.412 e. The highest BCUT2D eigenvalue weighted by atomic mass is 19.1. The van der Waals surface area contributed by atoms with Crippen molar-refractivity contribution in [1.29, 1.82) is 0 Å². The Morgan fingerprint density at radius 3 is 2.48 bits per heavy atom. The smallest absolute Gasteiger partial charge is 0.410 e. The SMILES string of the molecule is CC(C)=CCC/C(C)=C\CNC(=O)Oc1ccc(F)cc1. The Bertz CT molecular complexity index is 514. The van der Waals surface area contributed by atoms with E-state index in [9.17, 15) is 9.18 Å². The summed E-state index contributed by atoms with van der Waals surface area (Å²) < 4.78 is 17.7. The number of amides is 1. The third kappa shape index (κ3) is 7.92. The Kier molecular flexibility index (Phi) is 7.23. The molecule has 0 aliphatic rings. The Morgan fingerprint density at radius 1 is 1.19 bits per heavy atom. The molecule has 3 nitrogen and oxygen atoms in total. The Morgan fingerprint density at radius 2 is 1.86 bits per heavy atom. The maximum atomic E-state index is 12.7. The lowest BCUT2D eigenvalue weighted by Gasteiger charge is -2.05. The molecule has 0 aliphatic heterocycles. The summed E-state index contributed by atoms with van der Waals surface area (Å²) >= 11 is 0. The first-order chi connectivity index (χ1) is 9.97. The second kappa shape index (κ2) is 8.95. The average Bonchev–Trinajstić information content (AvgIpc) is 2.41. The fourth-order valence-corrected chi connectivity index (χ4v) is 1.64. The van der Waals surface area contributed by atoms with Crippen LogP contribution in [0, 0.1) is 5.82 Å². The molecular weight excluding hydrogens is 269 g/mol. The minimum atomic E-state index is -0.546. The molecule has 0 bridgehead atoms. The summed E-state index contributed by atoms with van der Waals surface area (Å²) in [7, 11) is 0. The summed E-state index contributed by atoms with van der Waals surface area (Å²) in [6, 6.07) is 5.32. The Balaban J connectivity index is 2.29. The molecule has 0 radical (unpaired) electrons. The number of allylic oxidation sites excluding steroid dienone is 3. The number of carbonyl (C=O) groups excluding carboxylic acids is 1. The normalized spacial score (nSPS) is 11.0. The standard InChI is InChI=1S/C17H22FNO2/c1-13(2)5-4-6-14(3)11-12-19-17(20)21-16-9-7-15(18)8-10-16/h5,7-11H,4,6,12H2,1-3H3,(H,19,20)/b14-11-. The number of carbonyl (C=O) groups is 1. The largest absolute Gasteiger partial charge is 0.412 e. The van der Waals surface area contributed by atoms with Crippen molar-refractivity contribution in [2.24, 2.45) is 0 Å². The fourth-order valence-electron chi connectivity index (χ4n) is 1.64. The van der Waals surface area contributed by atoms with E-state index in [1.165, 1.54) is 35.4 Å². The van der Waals surface area contributed by atoms with Crippen LogP contribution in [0.4, 0.5) is 9.18 Å². The van der Waals surface area contributed by atoms with E-state index in [0.717, 1.165) is 12.8 Å². The lowest BCUT2D eigenvalue weighted by molar-refractivity contribution is 0.201. The van der Waals surface area contributed by atoms with Gasteiger partial charge >= 0.3 is 6.09 Å². The summed E-state index contributed by atoms with van der Waals surface area (Å²) in [4.78, 5) is 11.5. The molecule has 0 aliphatic carbocycles. The first-order valence-electron chi connectivity index (χ1n) is 6.97. The predicted molar refractivity (Wildman–Crippen MR) is 82.8 cm³/mol. The number of nitrogens with one attached hydrogen (secondary N) is 1. The van der Waals surface area contributed by atoms with Gasteiger partial charge in [-0.3, -0.25) is 0 Å². The zero-order chi connectivity index (χ0) is 15.7. The van der Waals surface area contributed by atoms with Gasteiger partial charge < -0.3 is 10.1 Å². The minimum absolute atomic E-state index is 0.318. The van der Waals surface area contributed by atoms with E-state index >= 15 is 0 Å². The lowest BCUT2D eigenvalue weighted by Crippen LogP contribution is -2.26. The number of halogens is 1. The van der Waals surface area contributed by atoms with Crippen molar-refractivity contribution in [3.63, 3.8) is 0 Å². The maximum absolute atomic E-state index is 12.7. The quantitative estimate of drug-likeness (QED) is 0.777. The molecule has 21 heavy (non-hydrogen) atoms. The third-order valence-electron chi connectivity index (χ3n) is 2.81. The average molecular weight is 291 g/mol. The number of ether oxygens (including phenoxy) is 1. The van der Waals surface area contributed by atoms with Gasteiger partial charge in [0.25, 0.3) is 0 Å². The van der Waals surface area contributed by atoms with Gasteiger partial charge in [0.05, 0.1) is 0 Å². The number of hydrogen-bond acceptors (Lipinski definition) is 2. The van der Waals surface area contributed by atoms with Gasteiger partial charge in [-0.05, 0) is 57.9 Å². The van der Waals surface area contributed by atoms with Gasteiger partial charge in [-0.2, -0.15) is 0 Å². The van der Waals surface area contributed by atoms with Gasteiger partial charge in [-0.15, -0.1) is 0 Å². The molecule has 0 fully saturated rings. The molecular formula is C17H22FNO2. The van der Waals surface area contributed by atoms with Gasteiger partial charge in [0.15, 0.2) is 0 Å². The molecule has 1 N–H and O–H groups in total. The first kappa shape index (κ1) is 17.0. The summed E-state index contributed by atoms with van der Waals surface area (Å²) in [5, 5.41) is 2.63. The molecule has 0 spiro atoms. The first-order valence-corrected chi connectivity index (χ1v) is 6.97. The zero-order valence-electron chi connectivity index (χ0n) is 12.8. The van der Waals surface area contributed by atoms with Gasteiger partial charge in [0.1, 0.15) is 11.6 Å². The van der Waals surface area contributed by atoms with Crippen molar-refractivity contribution in [2.45, 2.75) is 33.6 Å². The van der Waals surface area contributed by atoms with Crippen LogP contribution in [0.25, 0.3) is 0 Å². The molecule has 0 aromatic heterocycles. The van der Waals surface area contributed by atoms with Gasteiger partial charge in [0, 0.05) is 6.54 Å². The molecule has 1 amide bonds. The van der Waals surface area contributed by atoms with E-state index in [-0.39, 0.29) is 5.82 Å². The van der Waals surface area contributed by atoms with Crippen molar-refractivity contribution < 1.29 is 13.9 Å². The highest BCUT2D eigenvalue weighted by Gasteiger charge is 2.02. The van der Waals surface area contributed by atoms with Crippen LogP contribution < -0.4 is 10.1 Å². The number of hydrogen-bond donors (Lipinski definition) is 1. The van der Waals surface area contributed by atoms with Crippen molar-refractivity contribution in [1.82, 2.24) is 5.32 Å². The summed E-state index contributed by atoms with van der Waals surface area (Å²) in [5.41, 5.74) is 2.53. The molecule has 0 saturated carbocycles. The van der Waals surface area contributed by atoms with Crippen molar-refractivity contribution in [3.05, 3.63) is 53.4 Å². The minimum Gasteiger partial charge on any atom is -0.410 e. The van der Waals surface area contributed by atoms with Crippen LogP contribution in [0.15, 0.2) is 47.6 Å². The predicted octanol–water partition coefficient (Wildman–Crippen LogP) is 4.61. The topological polar surface area (TPSA) is 38.3 Å². The molecule has 0 unspecified atom stereocenters. The third-order valence-corrected chi connectivity index (χ3v) is 2.81. The molecule has 0 atom stereocenters. The van der Waals surface area contributed by atoms with E-state index in [4.69, 9.17) is 4.74 Å². The molecule has 0 heterocycles. The molecule has 1 aromatic rings. The second-order valence-electron chi connectivity index (χ2n) is 5.09. The Hall–Kier alpha value is -2.10. The van der Waals surface area contributed by atoms with Crippen LogP contribution in [-0.4, -0.2) is 12.6 Å². The highest BCUT2D eigenvalue weighted by molar-refractivity contribution is 5.70. The van der Waals surface area contributed by atoms with Crippen LogP contribution in [0.3, 0.4) is 0 Å². The molecule has 114 valence electrons. The van der Waals surface area contributed by atoms with Crippen LogP contribution in [0.2, 0.25) is 0 Å². The van der Waals surface area contributed by atoms with Gasteiger partial charge in [-0.25, -0.2) is 9.18 Å². The van der Waals surface area contributed by atoms with E-state index in [0.29, 0.717) is 12.3 Å². The molecule has 4 heteroatoms. The van der Waals surface area contributed by atoms with Crippen molar-refractivity contribution in [3.8, 4) is 5.75 Å². The van der Waals surface area contributed by atoms with Crippen molar-refractivity contribution in [2.75, 3.05) is 6.54 Å². The van der Waals surface area contributed by atoms with Crippen LogP contribution in [0.1, 0.15) is 33.6 Å². The molecule has 1 rings (SSSR count). The van der Waals surface area contributed by atoms with E-state index in [1.807, 2.05) is 13.0 Å². The highest BCUT2D eigenvalue weighted by Crippen LogP contribution is 2.11. The number of benzene rings is 1. The van der Waals surface area contributed by atoms with Crippen molar-refractivity contribution >= 4 is 6.09 Å². The summed E-state index contributed by atoms with van der Waals surface area (Å²) in [5.74, 6) is -0.0455. The second-order valence-corrected chi connectivity index (χ2v) is 5.09. The molecule has 1 aromatic carbocycles. The lowest BCUT2D eigenvalue weighted by atomic mass is 10.1. The van der Waals surface area contributed by atoms with E-state index in [2.05, 4.69) is 25.2 Å². The molecule has 0 saturated heterocycles. The van der Waals surface area contributed by atoms with E-state index < -0.39 is 6.09 Å². The van der Waals surface area contributed by atoms with E-state index in [1.54, 1.807) is 0 Å². The monoisotopic (exact) mass is 291 g/mol. The van der Waals surface area contributed by atoms with Gasteiger partial charge in [0.2, 0.25) is 0 Å². The van der Waals surface area contributed by atoms with Crippen LogP contribution in [-0.2, 0) is 0 Å². The van der Waals surface area contributed by atoms with Crippen LogP contribution >= 0.6 is 0 Å². The zero-order valence-corrected chi connectivity index (χ0v) is 12.8. The Labute approximate surface area is 125 Å². The van der Waals surface area contributed by atoms with Gasteiger partial charge in [-0.1, -0.05) is 23.3 Å². The summed E-state index contributed by atoms with van der Waals surface area (Å²) in [6.45, 7) is 6.60. The number of rotatable bonds is 6. The van der Waals surface area contributed by atoms with Crippen LogP contribution in [0.5, 0.6) is 5.75 Å².